The van der Waals surface area contributed by atoms with Crippen molar-refractivity contribution in [2.24, 2.45) is 11.3 Å². The Labute approximate surface area is 126 Å². The fourth-order valence-electron chi connectivity index (χ4n) is 2.24. The quantitative estimate of drug-likeness (QED) is 0.819. The van der Waals surface area contributed by atoms with Crippen molar-refractivity contribution in [3.8, 4) is 0 Å². The third kappa shape index (κ3) is 5.28. The average Bonchev–Trinajstić information content (AvgIpc) is 2.93. The molecule has 21 heavy (non-hydrogen) atoms. The van der Waals surface area contributed by atoms with E-state index in [9.17, 15) is 0 Å². The molecule has 0 N–H and O–H groups in total. The van der Waals surface area contributed by atoms with Gasteiger partial charge in [0.2, 0.25) is 0 Å². The minimum absolute atomic E-state index is 0.235. The van der Waals surface area contributed by atoms with Crippen molar-refractivity contribution in [1.29, 1.82) is 0 Å². The molecule has 2 aromatic rings. The highest BCUT2D eigenvalue weighted by atomic mass is 15.5. The smallest absolute Gasteiger partial charge is 0.0832 e. The van der Waals surface area contributed by atoms with E-state index >= 15 is 0 Å². The Morgan fingerprint density at radius 1 is 0.952 bits per heavy atom. The third-order valence-corrected chi connectivity index (χ3v) is 3.06. The van der Waals surface area contributed by atoms with E-state index in [2.05, 4.69) is 55.2 Å². The van der Waals surface area contributed by atoms with Crippen molar-refractivity contribution >= 4 is 0 Å². The van der Waals surface area contributed by atoms with Gasteiger partial charge in [-0.3, -0.25) is 9.36 Å². The van der Waals surface area contributed by atoms with Gasteiger partial charge in [0.1, 0.15) is 0 Å². The van der Waals surface area contributed by atoms with Crippen molar-refractivity contribution in [3.05, 3.63) is 23.8 Å². The first-order valence-electron chi connectivity index (χ1n) is 7.60. The van der Waals surface area contributed by atoms with Crippen LogP contribution >= 0.6 is 0 Å². The Hall–Kier alpha value is -1.72. The second-order valence-electron chi connectivity index (χ2n) is 7.28. The standard InChI is InChI=1S/C15H26N6/c1-12(2)8-13-10-20(18-16-13)6-7-21-11-14(17-19-21)9-15(3,4)5/h10-12H,6-9H2,1-5H3. The number of hydrogen-bond acceptors (Lipinski definition) is 4. The van der Waals surface area contributed by atoms with Crippen LogP contribution < -0.4 is 0 Å². The van der Waals surface area contributed by atoms with E-state index in [0.717, 1.165) is 37.3 Å². The normalized spacial score (nSPS) is 12.3. The molecule has 0 atom stereocenters. The van der Waals surface area contributed by atoms with Crippen LogP contribution in [0.25, 0.3) is 0 Å². The molecule has 0 fully saturated rings. The summed E-state index contributed by atoms with van der Waals surface area (Å²) in [6.07, 6.45) is 5.96. The highest BCUT2D eigenvalue weighted by molar-refractivity contribution is 4.96. The van der Waals surface area contributed by atoms with Gasteiger partial charge in [-0.05, 0) is 24.2 Å². The van der Waals surface area contributed by atoms with E-state index in [1.165, 1.54) is 0 Å². The highest BCUT2D eigenvalue weighted by Crippen LogP contribution is 2.18. The van der Waals surface area contributed by atoms with Gasteiger partial charge >= 0.3 is 0 Å². The van der Waals surface area contributed by atoms with Crippen LogP contribution in [0.2, 0.25) is 0 Å². The third-order valence-electron chi connectivity index (χ3n) is 3.06. The second-order valence-corrected chi connectivity index (χ2v) is 7.28. The lowest BCUT2D eigenvalue weighted by atomic mass is 9.91. The topological polar surface area (TPSA) is 61.4 Å². The summed E-state index contributed by atoms with van der Waals surface area (Å²) >= 11 is 0. The molecule has 0 aliphatic heterocycles. The molecule has 6 heteroatoms. The first kappa shape index (κ1) is 15.7. The lowest BCUT2D eigenvalue weighted by molar-refractivity contribution is 0.406. The van der Waals surface area contributed by atoms with Crippen LogP contribution in [0.1, 0.15) is 46.0 Å². The van der Waals surface area contributed by atoms with Crippen molar-refractivity contribution in [2.75, 3.05) is 0 Å². The molecular weight excluding hydrogens is 264 g/mol. The fraction of sp³-hybridized carbons (Fsp3) is 0.733. The maximum atomic E-state index is 4.23. The van der Waals surface area contributed by atoms with Gasteiger partial charge in [0.15, 0.2) is 0 Å². The van der Waals surface area contributed by atoms with E-state index < -0.39 is 0 Å². The summed E-state index contributed by atoms with van der Waals surface area (Å²) in [5.74, 6) is 0.602. The van der Waals surface area contributed by atoms with Crippen LogP contribution in [-0.4, -0.2) is 30.0 Å². The molecule has 116 valence electrons. The molecule has 0 spiro atoms. The summed E-state index contributed by atoms with van der Waals surface area (Å²) in [5, 5.41) is 16.7. The number of aromatic nitrogens is 6. The molecule has 2 aromatic heterocycles. The lowest BCUT2D eigenvalue weighted by Crippen LogP contribution is -2.10. The Morgan fingerprint density at radius 2 is 1.48 bits per heavy atom. The van der Waals surface area contributed by atoms with E-state index in [1.807, 2.05) is 21.8 Å². The largest absolute Gasteiger partial charge is 0.250 e. The SMILES string of the molecule is CC(C)Cc1cn(CCn2cc(CC(C)(C)C)nn2)nn1. The van der Waals surface area contributed by atoms with Gasteiger partial charge in [0.25, 0.3) is 0 Å². The molecule has 0 radical (unpaired) electrons. The Balaban J connectivity index is 1.87. The molecule has 0 aromatic carbocycles. The summed E-state index contributed by atoms with van der Waals surface area (Å²) in [6, 6.07) is 0. The molecule has 6 nitrogen and oxygen atoms in total. The molecular formula is C15H26N6. The number of hydrogen-bond donors (Lipinski definition) is 0. The molecule has 2 heterocycles. The highest BCUT2D eigenvalue weighted by Gasteiger charge is 2.13. The van der Waals surface area contributed by atoms with Crippen LogP contribution in [0.15, 0.2) is 12.4 Å². The summed E-state index contributed by atoms with van der Waals surface area (Å²) in [6.45, 7) is 12.5. The van der Waals surface area contributed by atoms with Gasteiger partial charge in [0, 0.05) is 12.4 Å². The van der Waals surface area contributed by atoms with Crippen LogP contribution in [0.4, 0.5) is 0 Å². The molecule has 0 saturated heterocycles. The first-order chi connectivity index (χ1) is 9.82. The average molecular weight is 290 g/mol. The van der Waals surface area contributed by atoms with Gasteiger partial charge in [-0.25, -0.2) is 0 Å². The molecule has 0 bridgehead atoms. The Bertz CT molecular complexity index is 561. The fourth-order valence-corrected chi connectivity index (χ4v) is 2.24. The minimum Gasteiger partial charge on any atom is -0.250 e. The van der Waals surface area contributed by atoms with Crippen molar-refractivity contribution in [2.45, 2.75) is 60.5 Å². The van der Waals surface area contributed by atoms with E-state index in [4.69, 9.17) is 0 Å². The van der Waals surface area contributed by atoms with Crippen LogP contribution in [-0.2, 0) is 25.9 Å². The maximum absolute atomic E-state index is 4.23. The lowest BCUT2D eigenvalue weighted by Gasteiger charge is -2.15. The first-order valence-corrected chi connectivity index (χ1v) is 7.60. The number of nitrogens with zero attached hydrogens (tertiary/aromatic N) is 6. The summed E-state index contributed by atoms with van der Waals surface area (Å²) in [4.78, 5) is 0. The molecule has 0 aliphatic rings. The van der Waals surface area contributed by atoms with Gasteiger partial charge in [-0.1, -0.05) is 45.0 Å². The molecule has 0 saturated carbocycles. The molecule has 0 amide bonds. The Kier molecular flexibility index (Phi) is 4.75. The zero-order chi connectivity index (χ0) is 15.5. The predicted octanol–water partition coefficient (Wildman–Crippen LogP) is 2.36. The van der Waals surface area contributed by atoms with Crippen LogP contribution in [0.3, 0.4) is 0 Å². The zero-order valence-corrected chi connectivity index (χ0v) is 13.7. The monoisotopic (exact) mass is 290 g/mol. The summed E-state index contributed by atoms with van der Waals surface area (Å²) in [5.41, 5.74) is 2.33. The maximum Gasteiger partial charge on any atom is 0.0832 e. The van der Waals surface area contributed by atoms with Gasteiger partial charge in [0.05, 0.1) is 24.5 Å². The Morgan fingerprint density at radius 3 is 2.00 bits per heavy atom. The van der Waals surface area contributed by atoms with Crippen molar-refractivity contribution in [3.63, 3.8) is 0 Å². The van der Waals surface area contributed by atoms with E-state index in [1.54, 1.807) is 0 Å². The van der Waals surface area contributed by atoms with Crippen molar-refractivity contribution < 1.29 is 0 Å². The van der Waals surface area contributed by atoms with Gasteiger partial charge < -0.3 is 0 Å². The van der Waals surface area contributed by atoms with E-state index in [-0.39, 0.29) is 5.41 Å². The summed E-state index contributed by atoms with van der Waals surface area (Å²) < 4.78 is 3.76. The van der Waals surface area contributed by atoms with Gasteiger partial charge in [-0.2, -0.15) is 0 Å². The number of rotatable bonds is 6. The molecule has 2 rings (SSSR count). The molecule has 0 unspecified atom stereocenters. The minimum atomic E-state index is 0.235. The van der Waals surface area contributed by atoms with Crippen LogP contribution in [0, 0.1) is 11.3 Å². The molecule has 0 aliphatic carbocycles. The number of aryl methyl sites for hydroxylation is 2. The van der Waals surface area contributed by atoms with Crippen LogP contribution in [0.5, 0.6) is 0 Å². The predicted molar refractivity (Wildman–Crippen MR) is 81.7 cm³/mol. The van der Waals surface area contributed by atoms with Gasteiger partial charge in [-0.15, -0.1) is 10.2 Å². The van der Waals surface area contributed by atoms with E-state index in [0.29, 0.717) is 5.92 Å². The van der Waals surface area contributed by atoms with Crippen molar-refractivity contribution in [1.82, 2.24) is 30.0 Å². The zero-order valence-electron chi connectivity index (χ0n) is 13.7. The summed E-state index contributed by atoms with van der Waals surface area (Å²) in [7, 11) is 0. The second kappa shape index (κ2) is 6.37.